The lowest BCUT2D eigenvalue weighted by Gasteiger charge is -2.13. The number of nitrogen functional groups attached to an aromatic ring is 1. The molecule has 94 valence electrons. The van der Waals surface area contributed by atoms with E-state index >= 15 is 0 Å². The van der Waals surface area contributed by atoms with Gasteiger partial charge < -0.3 is 5.73 Å². The number of benzene rings is 1. The van der Waals surface area contributed by atoms with Crippen LogP contribution in [-0.2, 0) is 6.18 Å². The number of pyridine rings is 1. The molecule has 0 aliphatic heterocycles. The van der Waals surface area contributed by atoms with Gasteiger partial charge in [0.1, 0.15) is 0 Å². The fourth-order valence-corrected chi connectivity index (χ4v) is 1.75. The molecule has 2 N–H and O–H groups in total. The van der Waals surface area contributed by atoms with E-state index in [4.69, 9.17) is 5.73 Å². The average molecular weight is 252 g/mol. The molecule has 0 amide bonds. The van der Waals surface area contributed by atoms with Crippen LogP contribution in [-0.4, -0.2) is 4.98 Å². The highest BCUT2D eigenvalue weighted by atomic mass is 19.4. The lowest BCUT2D eigenvalue weighted by atomic mass is 10.0. The van der Waals surface area contributed by atoms with Crippen LogP contribution >= 0.6 is 0 Å². The Kier molecular flexibility index (Phi) is 2.98. The number of nitrogens with zero attached hydrogens (tertiary/aromatic N) is 1. The second-order valence-corrected chi connectivity index (χ2v) is 3.99. The van der Waals surface area contributed by atoms with Crippen molar-refractivity contribution in [3.05, 3.63) is 47.7 Å². The van der Waals surface area contributed by atoms with Gasteiger partial charge in [0.15, 0.2) is 0 Å². The van der Waals surface area contributed by atoms with E-state index in [0.29, 0.717) is 0 Å². The molecule has 0 saturated heterocycles. The van der Waals surface area contributed by atoms with Crippen LogP contribution in [0.25, 0.3) is 11.3 Å². The molecule has 0 atom stereocenters. The summed E-state index contributed by atoms with van der Waals surface area (Å²) in [7, 11) is 0. The molecule has 0 radical (unpaired) electrons. The fraction of sp³-hybridized carbons (Fsp3) is 0.154. The number of nitrogens with two attached hydrogens (primary N) is 1. The maximum Gasteiger partial charge on any atom is 0.417 e. The summed E-state index contributed by atoms with van der Waals surface area (Å²) in [5.74, 6) is 0. The minimum Gasteiger partial charge on any atom is -0.397 e. The Bertz CT molecular complexity index is 577. The quantitative estimate of drug-likeness (QED) is 0.841. The summed E-state index contributed by atoms with van der Waals surface area (Å²) >= 11 is 0. The first kappa shape index (κ1) is 12.4. The summed E-state index contributed by atoms with van der Waals surface area (Å²) in [6.07, 6.45) is -2.92. The van der Waals surface area contributed by atoms with Crippen LogP contribution in [0.1, 0.15) is 11.1 Å². The molecule has 0 unspecified atom stereocenters. The summed E-state index contributed by atoms with van der Waals surface area (Å²) in [6, 6.07) is 6.88. The Morgan fingerprint density at radius 1 is 1.17 bits per heavy atom. The van der Waals surface area contributed by atoms with Gasteiger partial charge in [0.2, 0.25) is 0 Å². The molecule has 0 spiro atoms. The molecular weight excluding hydrogens is 241 g/mol. The second-order valence-electron chi connectivity index (χ2n) is 3.99. The SMILES string of the molecule is Cc1cnc(-c2ccccc2C(F)(F)F)c(N)c1. The third kappa shape index (κ3) is 2.30. The van der Waals surface area contributed by atoms with E-state index in [1.807, 2.05) is 0 Å². The van der Waals surface area contributed by atoms with Gasteiger partial charge in [-0.1, -0.05) is 18.2 Å². The zero-order valence-corrected chi connectivity index (χ0v) is 9.62. The molecule has 18 heavy (non-hydrogen) atoms. The van der Waals surface area contributed by atoms with Crippen molar-refractivity contribution in [3.8, 4) is 11.3 Å². The number of aryl methyl sites for hydroxylation is 1. The van der Waals surface area contributed by atoms with Gasteiger partial charge in [-0.3, -0.25) is 4.98 Å². The number of halogens is 3. The molecule has 1 aromatic heterocycles. The number of alkyl halides is 3. The number of hydrogen-bond donors (Lipinski definition) is 1. The minimum absolute atomic E-state index is 0.00231. The normalized spacial score (nSPS) is 11.6. The molecule has 1 heterocycles. The molecule has 0 saturated carbocycles. The Hall–Kier alpha value is -2.04. The maximum atomic E-state index is 12.9. The molecule has 2 aromatic rings. The summed E-state index contributed by atoms with van der Waals surface area (Å²) in [5, 5.41) is 0. The molecule has 0 aliphatic rings. The van der Waals surface area contributed by atoms with Crippen LogP contribution in [0.5, 0.6) is 0 Å². The topological polar surface area (TPSA) is 38.9 Å². The van der Waals surface area contributed by atoms with Gasteiger partial charge in [-0.05, 0) is 24.6 Å². The predicted octanol–water partition coefficient (Wildman–Crippen LogP) is 3.66. The first-order valence-electron chi connectivity index (χ1n) is 5.28. The molecule has 0 aliphatic carbocycles. The lowest BCUT2D eigenvalue weighted by Crippen LogP contribution is -2.08. The Labute approximate surface area is 102 Å². The van der Waals surface area contributed by atoms with Crippen molar-refractivity contribution in [1.29, 1.82) is 0 Å². The first-order chi connectivity index (χ1) is 8.39. The van der Waals surface area contributed by atoms with Crippen LogP contribution in [0.4, 0.5) is 18.9 Å². The zero-order chi connectivity index (χ0) is 13.3. The lowest BCUT2D eigenvalue weighted by molar-refractivity contribution is -0.137. The highest BCUT2D eigenvalue weighted by Gasteiger charge is 2.33. The van der Waals surface area contributed by atoms with Gasteiger partial charge in [0, 0.05) is 11.8 Å². The van der Waals surface area contributed by atoms with E-state index < -0.39 is 11.7 Å². The Morgan fingerprint density at radius 3 is 2.44 bits per heavy atom. The number of anilines is 1. The molecular formula is C13H11F3N2. The van der Waals surface area contributed by atoms with Crippen molar-refractivity contribution in [3.63, 3.8) is 0 Å². The van der Waals surface area contributed by atoms with Crippen molar-refractivity contribution in [2.45, 2.75) is 13.1 Å². The van der Waals surface area contributed by atoms with E-state index in [-0.39, 0.29) is 16.9 Å². The number of hydrogen-bond acceptors (Lipinski definition) is 2. The van der Waals surface area contributed by atoms with Gasteiger partial charge in [-0.15, -0.1) is 0 Å². The fourth-order valence-electron chi connectivity index (χ4n) is 1.75. The van der Waals surface area contributed by atoms with Crippen LogP contribution in [0.3, 0.4) is 0 Å². The first-order valence-corrected chi connectivity index (χ1v) is 5.28. The van der Waals surface area contributed by atoms with Gasteiger partial charge in [-0.25, -0.2) is 0 Å². The average Bonchev–Trinajstić information content (AvgIpc) is 2.28. The molecule has 5 heteroatoms. The van der Waals surface area contributed by atoms with Gasteiger partial charge in [0.05, 0.1) is 16.9 Å². The van der Waals surface area contributed by atoms with Gasteiger partial charge >= 0.3 is 6.18 Å². The van der Waals surface area contributed by atoms with E-state index in [0.717, 1.165) is 11.6 Å². The summed E-state index contributed by atoms with van der Waals surface area (Å²) < 4.78 is 38.6. The van der Waals surface area contributed by atoms with Crippen molar-refractivity contribution in [1.82, 2.24) is 4.98 Å². The smallest absolute Gasteiger partial charge is 0.397 e. The van der Waals surface area contributed by atoms with E-state index in [1.165, 1.54) is 24.4 Å². The van der Waals surface area contributed by atoms with Crippen LogP contribution in [0.15, 0.2) is 36.5 Å². The summed E-state index contributed by atoms with van der Waals surface area (Å²) in [6.45, 7) is 1.78. The zero-order valence-electron chi connectivity index (χ0n) is 9.62. The Balaban J connectivity index is 2.64. The van der Waals surface area contributed by atoms with Crippen molar-refractivity contribution >= 4 is 5.69 Å². The second kappa shape index (κ2) is 4.33. The predicted molar refractivity (Wildman–Crippen MR) is 63.8 cm³/mol. The third-order valence-electron chi connectivity index (χ3n) is 2.54. The largest absolute Gasteiger partial charge is 0.417 e. The van der Waals surface area contributed by atoms with E-state index in [9.17, 15) is 13.2 Å². The van der Waals surface area contributed by atoms with Crippen molar-refractivity contribution in [2.75, 3.05) is 5.73 Å². The highest BCUT2D eigenvalue weighted by molar-refractivity contribution is 5.75. The van der Waals surface area contributed by atoms with Gasteiger partial charge in [0.25, 0.3) is 0 Å². The van der Waals surface area contributed by atoms with Crippen LogP contribution in [0.2, 0.25) is 0 Å². The Morgan fingerprint density at radius 2 is 1.83 bits per heavy atom. The summed E-state index contributed by atoms with van der Waals surface area (Å²) in [5.41, 5.74) is 6.22. The monoisotopic (exact) mass is 252 g/mol. The minimum atomic E-state index is -4.42. The van der Waals surface area contributed by atoms with Gasteiger partial charge in [-0.2, -0.15) is 13.2 Å². The van der Waals surface area contributed by atoms with Crippen LogP contribution in [0, 0.1) is 6.92 Å². The van der Waals surface area contributed by atoms with Crippen molar-refractivity contribution < 1.29 is 13.2 Å². The summed E-state index contributed by atoms with van der Waals surface area (Å²) in [4.78, 5) is 4.00. The van der Waals surface area contributed by atoms with E-state index in [1.54, 1.807) is 13.0 Å². The maximum absolute atomic E-state index is 12.9. The molecule has 2 nitrogen and oxygen atoms in total. The number of aromatic nitrogens is 1. The molecule has 0 bridgehead atoms. The van der Waals surface area contributed by atoms with Crippen LogP contribution < -0.4 is 5.73 Å². The molecule has 2 rings (SSSR count). The number of rotatable bonds is 1. The molecule has 0 fully saturated rings. The standard InChI is InChI=1S/C13H11F3N2/c1-8-6-11(17)12(18-7-8)9-4-2-3-5-10(9)13(14,15)16/h2-7H,17H2,1H3. The third-order valence-corrected chi connectivity index (χ3v) is 2.54. The molecule has 1 aromatic carbocycles. The van der Waals surface area contributed by atoms with E-state index in [2.05, 4.69) is 4.98 Å². The highest BCUT2D eigenvalue weighted by Crippen LogP contribution is 2.37. The van der Waals surface area contributed by atoms with Crippen molar-refractivity contribution in [2.24, 2.45) is 0 Å².